The van der Waals surface area contributed by atoms with Gasteiger partial charge >= 0.3 is 0 Å². The average molecular weight is 345 g/mol. The van der Waals surface area contributed by atoms with E-state index in [1.807, 2.05) is 0 Å². The number of carbonyl (C=O) groups is 1. The van der Waals surface area contributed by atoms with Crippen molar-refractivity contribution in [3.05, 3.63) is 18.1 Å². The molecule has 25 heavy (non-hydrogen) atoms. The number of carbonyl (C=O) groups excluding carboxylic acids is 1. The third-order valence-corrected chi connectivity index (χ3v) is 5.80. The molecule has 2 N–H and O–H groups in total. The first-order valence-corrected chi connectivity index (χ1v) is 9.59. The second kappa shape index (κ2) is 8.13. The number of hydrogen-bond donors (Lipinski definition) is 1. The Labute approximate surface area is 150 Å². The van der Waals surface area contributed by atoms with Crippen LogP contribution in [0.5, 0.6) is 0 Å². The van der Waals surface area contributed by atoms with E-state index in [0.717, 1.165) is 37.7 Å². The Hall–Kier alpha value is -1.69. The molecule has 2 atom stereocenters. The van der Waals surface area contributed by atoms with Gasteiger partial charge in [0, 0.05) is 31.2 Å². The molecule has 1 saturated heterocycles. The number of anilines is 1. The maximum atomic E-state index is 12.8. The van der Waals surface area contributed by atoms with Crippen molar-refractivity contribution >= 4 is 11.7 Å². The van der Waals surface area contributed by atoms with Crippen molar-refractivity contribution in [2.24, 2.45) is 11.8 Å². The summed E-state index contributed by atoms with van der Waals surface area (Å²) in [7, 11) is 2.08. The van der Waals surface area contributed by atoms with Crippen LogP contribution in [0.2, 0.25) is 0 Å². The van der Waals surface area contributed by atoms with E-state index in [2.05, 4.69) is 33.7 Å². The number of likely N-dealkylation sites (tertiary alicyclic amines) is 1. The van der Waals surface area contributed by atoms with Gasteiger partial charge in [0.25, 0.3) is 0 Å². The fourth-order valence-electron chi connectivity index (χ4n) is 4.30. The highest BCUT2D eigenvalue weighted by Gasteiger charge is 2.32. The van der Waals surface area contributed by atoms with Gasteiger partial charge in [-0.3, -0.25) is 9.69 Å². The zero-order valence-electron chi connectivity index (χ0n) is 15.5. The lowest BCUT2D eigenvalue weighted by Gasteiger charge is -2.26. The van der Waals surface area contributed by atoms with Crippen LogP contribution in [-0.2, 0) is 11.3 Å². The van der Waals surface area contributed by atoms with Crippen molar-refractivity contribution in [1.29, 1.82) is 0 Å². The number of hydrogen-bond acceptors (Lipinski definition) is 5. The van der Waals surface area contributed by atoms with E-state index in [4.69, 9.17) is 5.73 Å². The predicted octanol–water partition coefficient (Wildman–Crippen LogP) is 2.31. The van der Waals surface area contributed by atoms with Crippen LogP contribution in [0.3, 0.4) is 0 Å². The summed E-state index contributed by atoms with van der Waals surface area (Å²) in [6, 6.07) is 2.07. The van der Waals surface area contributed by atoms with Gasteiger partial charge in [0.05, 0.1) is 6.54 Å². The lowest BCUT2D eigenvalue weighted by molar-refractivity contribution is -0.134. The first kappa shape index (κ1) is 18.1. The number of nitrogen functional groups attached to an aromatic ring is 1. The second-order valence-electron chi connectivity index (χ2n) is 7.83. The Morgan fingerprint density at radius 2 is 2.16 bits per heavy atom. The summed E-state index contributed by atoms with van der Waals surface area (Å²) in [5, 5.41) is 0. The van der Waals surface area contributed by atoms with E-state index in [-0.39, 0.29) is 5.92 Å². The van der Waals surface area contributed by atoms with Crippen molar-refractivity contribution in [2.75, 3.05) is 25.9 Å². The predicted molar refractivity (Wildman–Crippen MR) is 98.6 cm³/mol. The quantitative estimate of drug-likeness (QED) is 0.856. The maximum Gasteiger partial charge on any atom is 0.225 e. The average Bonchev–Trinajstić information content (AvgIpc) is 3.25. The van der Waals surface area contributed by atoms with Crippen LogP contribution in [0.15, 0.2) is 12.3 Å². The van der Waals surface area contributed by atoms with Gasteiger partial charge in [0.2, 0.25) is 5.91 Å². The summed E-state index contributed by atoms with van der Waals surface area (Å²) in [4.78, 5) is 25.6. The van der Waals surface area contributed by atoms with Crippen LogP contribution >= 0.6 is 0 Å². The third-order valence-electron chi connectivity index (χ3n) is 5.80. The summed E-state index contributed by atoms with van der Waals surface area (Å²) in [6.45, 7) is 4.45. The van der Waals surface area contributed by atoms with E-state index in [9.17, 15) is 4.79 Å². The van der Waals surface area contributed by atoms with Crippen molar-refractivity contribution in [2.45, 2.75) is 58.0 Å². The molecule has 1 amide bonds. The number of amides is 1. The highest BCUT2D eigenvalue weighted by atomic mass is 16.2. The van der Waals surface area contributed by atoms with E-state index >= 15 is 0 Å². The van der Waals surface area contributed by atoms with Crippen LogP contribution in [0, 0.1) is 11.8 Å². The molecule has 2 aliphatic rings. The Morgan fingerprint density at radius 1 is 1.40 bits per heavy atom. The van der Waals surface area contributed by atoms with Gasteiger partial charge in [-0.2, -0.15) is 0 Å². The van der Waals surface area contributed by atoms with E-state index < -0.39 is 0 Å². The number of nitrogens with zero attached hydrogens (tertiary/aromatic N) is 4. The van der Waals surface area contributed by atoms with Gasteiger partial charge < -0.3 is 10.6 Å². The Kier molecular flexibility index (Phi) is 5.89. The molecule has 2 unspecified atom stereocenters. The highest BCUT2D eigenvalue weighted by molar-refractivity contribution is 5.78. The molecule has 1 saturated carbocycles. The molecule has 3 rings (SSSR count). The minimum absolute atomic E-state index is 0.157. The standard InChI is InChI=1S/C19H31N5O/c1-14(11-15-5-3-4-6-15)19(25)24-10-8-16(12-24)23(2)13-18-21-9-7-17(20)22-18/h7,9,14-16H,3-6,8,10-13H2,1-2H3,(H2,20,21,22). The fraction of sp³-hybridized carbons (Fsp3) is 0.737. The van der Waals surface area contributed by atoms with E-state index in [0.29, 0.717) is 24.3 Å². The van der Waals surface area contributed by atoms with Gasteiger partial charge in [0.15, 0.2) is 0 Å². The third kappa shape index (κ3) is 4.69. The smallest absolute Gasteiger partial charge is 0.225 e. The minimum Gasteiger partial charge on any atom is -0.384 e. The van der Waals surface area contributed by atoms with Crippen molar-refractivity contribution in [3.63, 3.8) is 0 Å². The van der Waals surface area contributed by atoms with Crippen LogP contribution in [-0.4, -0.2) is 51.9 Å². The molecule has 138 valence electrons. The Balaban J connectivity index is 1.49. The van der Waals surface area contributed by atoms with Gasteiger partial charge in [-0.05, 0) is 31.9 Å². The second-order valence-corrected chi connectivity index (χ2v) is 7.83. The maximum absolute atomic E-state index is 12.8. The van der Waals surface area contributed by atoms with Crippen molar-refractivity contribution in [3.8, 4) is 0 Å². The molecule has 0 radical (unpaired) electrons. The van der Waals surface area contributed by atoms with Crippen LogP contribution in [0.25, 0.3) is 0 Å². The molecular formula is C19H31N5O. The topological polar surface area (TPSA) is 75.4 Å². The van der Waals surface area contributed by atoms with Crippen molar-refractivity contribution in [1.82, 2.24) is 19.8 Å². The molecule has 1 aromatic rings. The monoisotopic (exact) mass is 345 g/mol. The summed E-state index contributed by atoms with van der Waals surface area (Å²) in [5.74, 6) is 2.50. The molecule has 0 spiro atoms. The first-order chi connectivity index (χ1) is 12.0. The molecule has 1 aliphatic heterocycles. The fourth-order valence-corrected chi connectivity index (χ4v) is 4.30. The van der Waals surface area contributed by atoms with E-state index in [1.165, 1.54) is 25.7 Å². The van der Waals surface area contributed by atoms with E-state index in [1.54, 1.807) is 12.3 Å². The zero-order chi connectivity index (χ0) is 17.8. The van der Waals surface area contributed by atoms with Gasteiger partial charge in [-0.15, -0.1) is 0 Å². The van der Waals surface area contributed by atoms with Crippen LogP contribution in [0.4, 0.5) is 5.82 Å². The number of nitrogens with two attached hydrogens (primary N) is 1. The Bertz CT molecular complexity index is 587. The molecular weight excluding hydrogens is 314 g/mol. The molecule has 6 nitrogen and oxygen atoms in total. The lowest BCUT2D eigenvalue weighted by atomic mass is 9.93. The molecule has 2 heterocycles. The lowest BCUT2D eigenvalue weighted by Crippen LogP contribution is -2.38. The summed E-state index contributed by atoms with van der Waals surface area (Å²) < 4.78 is 0. The van der Waals surface area contributed by atoms with Gasteiger partial charge in [0.1, 0.15) is 11.6 Å². The summed E-state index contributed by atoms with van der Waals surface area (Å²) in [5.41, 5.74) is 5.73. The largest absolute Gasteiger partial charge is 0.384 e. The van der Waals surface area contributed by atoms with Gasteiger partial charge in [-0.1, -0.05) is 32.6 Å². The first-order valence-electron chi connectivity index (χ1n) is 9.59. The molecule has 2 fully saturated rings. The zero-order valence-corrected chi connectivity index (χ0v) is 15.5. The molecule has 1 aliphatic carbocycles. The summed E-state index contributed by atoms with van der Waals surface area (Å²) in [6.07, 6.45) is 9.07. The summed E-state index contributed by atoms with van der Waals surface area (Å²) >= 11 is 0. The molecule has 1 aromatic heterocycles. The van der Waals surface area contributed by atoms with Crippen molar-refractivity contribution < 1.29 is 4.79 Å². The Morgan fingerprint density at radius 3 is 2.88 bits per heavy atom. The molecule has 6 heteroatoms. The SMILES string of the molecule is CC(CC1CCCC1)C(=O)N1CCC(N(C)Cc2nccc(N)n2)C1. The van der Waals surface area contributed by atoms with Crippen LogP contribution in [0.1, 0.15) is 51.3 Å². The highest BCUT2D eigenvalue weighted by Crippen LogP contribution is 2.31. The molecule has 0 aromatic carbocycles. The normalized spacial score (nSPS) is 22.7. The number of likely N-dealkylation sites (N-methyl/N-ethyl adjacent to an activating group) is 1. The minimum atomic E-state index is 0.157. The number of rotatable bonds is 6. The van der Waals surface area contributed by atoms with Crippen LogP contribution < -0.4 is 5.73 Å². The van der Waals surface area contributed by atoms with Gasteiger partial charge in [-0.25, -0.2) is 9.97 Å². The number of aromatic nitrogens is 2. The molecule has 0 bridgehead atoms.